The maximum Gasteiger partial charge on any atom is 0.405 e. The van der Waals surface area contributed by atoms with E-state index in [0.29, 0.717) is 0 Å². The largest absolute Gasteiger partial charge is 0.465 e. The molecule has 2 amide bonds. The molecule has 0 aliphatic heterocycles. The second-order valence-electron chi connectivity index (χ2n) is 11.2. The van der Waals surface area contributed by atoms with E-state index >= 15 is 0 Å². The molecule has 2 unspecified atom stereocenters. The number of carbonyl (C=O) groups excluding carboxylic acids is 1. The number of hydrogen-bond donors (Lipinski definition) is 5. The second-order valence-corrected chi connectivity index (χ2v) is 11.2. The Morgan fingerprint density at radius 3 is 2.29 bits per heavy atom. The molecule has 0 radical (unpaired) electrons. The van der Waals surface area contributed by atoms with E-state index in [1.807, 2.05) is 5.32 Å². The molecule has 1 saturated carbocycles. The van der Waals surface area contributed by atoms with E-state index in [1.165, 1.54) is 5.56 Å². The van der Waals surface area contributed by atoms with Crippen molar-refractivity contribution < 1.29 is 28.6 Å². The van der Waals surface area contributed by atoms with Crippen LogP contribution >= 0.6 is 0 Å². The van der Waals surface area contributed by atoms with Gasteiger partial charge >= 0.3 is 6.09 Å². The van der Waals surface area contributed by atoms with Crippen molar-refractivity contribution in [3.63, 3.8) is 0 Å². The molecule has 208 valence electrons. The molecule has 7 nitrogen and oxygen atoms in total. The maximum atomic E-state index is 13.8. The summed E-state index contributed by atoms with van der Waals surface area (Å²) in [6.45, 7) is 6.11. The van der Waals surface area contributed by atoms with Crippen molar-refractivity contribution in [1.82, 2.24) is 16.0 Å². The van der Waals surface area contributed by atoms with E-state index in [0.717, 1.165) is 55.9 Å². The van der Waals surface area contributed by atoms with Crippen LogP contribution in [0.3, 0.4) is 0 Å². The molecule has 0 aromatic heterocycles. The normalized spacial score (nSPS) is 16.9. The summed E-state index contributed by atoms with van der Waals surface area (Å²) < 4.78 is 27.6. The quantitative estimate of drug-likeness (QED) is 0.313. The van der Waals surface area contributed by atoms with Crippen LogP contribution in [0.1, 0.15) is 69.6 Å². The van der Waals surface area contributed by atoms with Crippen LogP contribution in [0.2, 0.25) is 0 Å². The monoisotopic (exact) mass is 531 g/mol. The third-order valence-electron chi connectivity index (χ3n) is 7.23. The molecular formula is C29H39F2N3O4. The number of rotatable bonds is 10. The molecule has 0 heterocycles. The minimum atomic E-state index is -1.36. The van der Waals surface area contributed by atoms with Crippen molar-refractivity contribution in [2.45, 2.75) is 82.4 Å². The Hall–Kier alpha value is -3.04. The summed E-state index contributed by atoms with van der Waals surface area (Å²) in [5, 5.41) is 28.2. The molecule has 1 aliphatic rings. The van der Waals surface area contributed by atoms with Crippen LogP contribution in [0.15, 0.2) is 42.5 Å². The molecule has 5 N–H and O–H groups in total. The fraction of sp³-hybridized carbons (Fsp3) is 0.517. The molecular weight excluding hydrogens is 492 g/mol. The lowest BCUT2D eigenvalue weighted by Gasteiger charge is -2.41. The lowest BCUT2D eigenvalue weighted by Crippen LogP contribution is -2.54. The molecule has 2 aromatic carbocycles. The predicted molar refractivity (Wildman–Crippen MR) is 142 cm³/mol. The Balaban J connectivity index is 1.82. The molecule has 9 heteroatoms. The van der Waals surface area contributed by atoms with E-state index in [4.69, 9.17) is 5.11 Å². The van der Waals surface area contributed by atoms with Crippen LogP contribution in [0.4, 0.5) is 13.6 Å². The maximum absolute atomic E-state index is 13.8. The summed E-state index contributed by atoms with van der Waals surface area (Å²) in [5.41, 5.74) is 2.25. The number of aliphatic hydroxyl groups is 1. The first-order valence-electron chi connectivity index (χ1n) is 13.1. The van der Waals surface area contributed by atoms with Gasteiger partial charge in [0.15, 0.2) is 0 Å². The summed E-state index contributed by atoms with van der Waals surface area (Å²) in [6.07, 6.45) is 2.47. The third-order valence-corrected chi connectivity index (χ3v) is 7.23. The third kappa shape index (κ3) is 8.23. The summed E-state index contributed by atoms with van der Waals surface area (Å²) in [7, 11) is 0. The molecule has 38 heavy (non-hydrogen) atoms. The molecule has 1 fully saturated rings. The van der Waals surface area contributed by atoms with Gasteiger partial charge in [-0.1, -0.05) is 64.3 Å². The first kappa shape index (κ1) is 29.5. The SMILES string of the molecule is CC(C)(C)c1cccc(C2(NCC(O)C(Cc3cc(F)cc(F)c3)NC(=O)CNC(=O)O)CCCCC2)c1. The topological polar surface area (TPSA) is 111 Å². The van der Waals surface area contributed by atoms with Crippen molar-refractivity contribution in [2.24, 2.45) is 0 Å². The Kier molecular flexibility index (Phi) is 9.84. The number of carbonyl (C=O) groups is 2. The minimum Gasteiger partial charge on any atom is -0.465 e. The standard InChI is InChI=1S/C29H39F2N3O4/c1-28(2,3)20-8-7-9-21(15-20)29(10-5-4-6-11-29)33-17-25(35)24(34-26(36)18-32-27(37)38)14-19-12-22(30)16-23(31)13-19/h7-9,12-13,15-16,24-25,32-33,35H,4-6,10-11,14,17-18H2,1-3H3,(H,34,36)(H,37,38). The summed E-state index contributed by atoms with van der Waals surface area (Å²) in [5.74, 6) is -2.17. The number of aliphatic hydroxyl groups excluding tert-OH is 1. The number of carboxylic acid groups (broad SMARTS) is 1. The number of benzene rings is 2. The number of halogens is 2. The highest BCUT2D eigenvalue weighted by atomic mass is 19.1. The fourth-order valence-electron chi connectivity index (χ4n) is 5.13. The second kappa shape index (κ2) is 12.7. The predicted octanol–water partition coefficient (Wildman–Crippen LogP) is 4.37. The van der Waals surface area contributed by atoms with Crippen molar-refractivity contribution in [2.75, 3.05) is 13.1 Å². The molecule has 0 saturated heterocycles. The van der Waals surface area contributed by atoms with Crippen LogP contribution in [-0.4, -0.2) is 47.4 Å². The van der Waals surface area contributed by atoms with Gasteiger partial charge in [0.05, 0.1) is 18.7 Å². The Labute approximate surface area is 223 Å². The molecule has 0 bridgehead atoms. The smallest absolute Gasteiger partial charge is 0.405 e. The van der Waals surface area contributed by atoms with Gasteiger partial charge in [0.1, 0.15) is 11.6 Å². The fourth-order valence-corrected chi connectivity index (χ4v) is 5.13. The zero-order chi connectivity index (χ0) is 27.9. The van der Waals surface area contributed by atoms with E-state index in [9.17, 15) is 23.5 Å². The highest BCUT2D eigenvalue weighted by Gasteiger charge is 2.35. The zero-order valence-electron chi connectivity index (χ0n) is 22.3. The van der Waals surface area contributed by atoms with Gasteiger partial charge < -0.3 is 26.2 Å². The number of amides is 2. The lowest BCUT2D eigenvalue weighted by molar-refractivity contribution is -0.121. The van der Waals surface area contributed by atoms with Gasteiger partial charge in [-0.2, -0.15) is 0 Å². The first-order valence-corrected chi connectivity index (χ1v) is 13.1. The molecule has 2 aromatic rings. The van der Waals surface area contributed by atoms with E-state index in [2.05, 4.69) is 55.7 Å². The molecule has 2 atom stereocenters. The Morgan fingerprint density at radius 1 is 1.03 bits per heavy atom. The van der Waals surface area contributed by atoms with Gasteiger partial charge in [-0.25, -0.2) is 13.6 Å². The van der Waals surface area contributed by atoms with E-state index in [-0.39, 0.29) is 29.5 Å². The first-order chi connectivity index (χ1) is 17.9. The summed E-state index contributed by atoms with van der Waals surface area (Å²) >= 11 is 0. The summed E-state index contributed by atoms with van der Waals surface area (Å²) in [6, 6.07) is 10.6. The van der Waals surface area contributed by atoms with Crippen LogP contribution in [0.5, 0.6) is 0 Å². The van der Waals surface area contributed by atoms with E-state index in [1.54, 1.807) is 0 Å². The lowest BCUT2D eigenvalue weighted by atomic mass is 9.74. The number of nitrogens with one attached hydrogen (secondary N) is 3. The molecule has 1 aliphatic carbocycles. The average molecular weight is 532 g/mol. The van der Waals surface area contributed by atoms with Gasteiger partial charge in [-0.15, -0.1) is 0 Å². The average Bonchev–Trinajstić information content (AvgIpc) is 2.85. The van der Waals surface area contributed by atoms with Crippen LogP contribution in [-0.2, 0) is 22.2 Å². The van der Waals surface area contributed by atoms with Crippen molar-refractivity contribution in [1.29, 1.82) is 0 Å². The van der Waals surface area contributed by atoms with Gasteiger partial charge in [0.25, 0.3) is 0 Å². The van der Waals surface area contributed by atoms with E-state index < -0.39 is 42.3 Å². The van der Waals surface area contributed by atoms with Crippen molar-refractivity contribution in [3.8, 4) is 0 Å². The van der Waals surface area contributed by atoms with Gasteiger partial charge in [-0.3, -0.25) is 4.79 Å². The summed E-state index contributed by atoms with van der Waals surface area (Å²) in [4.78, 5) is 23.2. The van der Waals surface area contributed by atoms with Crippen LogP contribution < -0.4 is 16.0 Å². The zero-order valence-corrected chi connectivity index (χ0v) is 22.3. The van der Waals surface area contributed by atoms with Gasteiger partial charge in [0.2, 0.25) is 5.91 Å². The Bertz CT molecular complexity index is 1090. The van der Waals surface area contributed by atoms with Crippen LogP contribution in [0.25, 0.3) is 0 Å². The van der Waals surface area contributed by atoms with Crippen molar-refractivity contribution in [3.05, 3.63) is 70.8 Å². The number of hydrogen-bond acceptors (Lipinski definition) is 4. The highest BCUT2D eigenvalue weighted by Crippen LogP contribution is 2.38. The van der Waals surface area contributed by atoms with Gasteiger partial charge in [-0.05, 0) is 53.5 Å². The van der Waals surface area contributed by atoms with Gasteiger partial charge in [0, 0.05) is 18.2 Å². The van der Waals surface area contributed by atoms with Crippen molar-refractivity contribution >= 4 is 12.0 Å². The molecule has 0 spiro atoms. The minimum absolute atomic E-state index is 0.0228. The molecule has 3 rings (SSSR count). The van der Waals surface area contributed by atoms with Crippen LogP contribution in [0, 0.1) is 11.6 Å². The Morgan fingerprint density at radius 2 is 1.68 bits per heavy atom. The highest BCUT2D eigenvalue weighted by molar-refractivity contribution is 5.81.